The summed E-state index contributed by atoms with van der Waals surface area (Å²) in [6.45, 7) is 4.02. The third-order valence-corrected chi connectivity index (χ3v) is 4.26. The Labute approximate surface area is 149 Å². The van der Waals surface area contributed by atoms with Crippen LogP contribution >= 0.6 is 0 Å². The molecule has 1 heterocycles. The van der Waals surface area contributed by atoms with Gasteiger partial charge in [0.05, 0.1) is 7.11 Å². The van der Waals surface area contributed by atoms with Crippen LogP contribution in [0.4, 0.5) is 0 Å². The minimum Gasteiger partial charge on any atom is -0.508 e. The fourth-order valence-corrected chi connectivity index (χ4v) is 2.81. The zero-order valence-electron chi connectivity index (χ0n) is 15.2. The molecule has 25 heavy (non-hydrogen) atoms. The number of piperidine rings is 1. The predicted octanol–water partition coefficient (Wildman–Crippen LogP) is 1.12. The SMILES string of the molecule is CCNC(=NCCc1ccc(OC)cc1O)NC1CCC(=O)N(C)C1. The standard InChI is InChI=1S/C18H28N4O3/c1-4-19-18(21-14-6-8-17(24)22(2)12-14)20-10-9-13-5-7-15(25-3)11-16(13)23/h5,7,11,14,23H,4,6,8-10,12H2,1-3H3,(H2,19,20,21). The van der Waals surface area contributed by atoms with Crippen molar-refractivity contribution in [1.29, 1.82) is 0 Å². The minimum atomic E-state index is 0.190. The fraction of sp³-hybridized carbons (Fsp3) is 0.556. The van der Waals surface area contributed by atoms with E-state index < -0.39 is 0 Å². The topological polar surface area (TPSA) is 86.2 Å². The van der Waals surface area contributed by atoms with Crippen LogP contribution in [0, 0.1) is 0 Å². The summed E-state index contributed by atoms with van der Waals surface area (Å²) in [6, 6.07) is 5.50. The molecular weight excluding hydrogens is 320 g/mol. The van der Waals surface area contributed by atoms with Crippen molar-refractivity contribution < 1.29 is 14.6 Å². The lowest BCUT2D eigenvalue weighted by atomic mass is 10.1. The lowest BCUT2D eigenvalue weighted by Crippen LogP contribution is -2.51. The second kappa shape index (κ2) is 9.15. The summed E-state index contributed by atoms with van der Waals surface area (Å²) in [5.74, 6) is 1.79. The maximum Gasteiger partial charge on any atom is 0.222 e. The summed E-state index contributed by atoms with van der Waals surface area (Å²) >= 11 is 0. The first kappa shape index (κ1) is 18.9. The van der Waals surface area contributed by atoms with Crippen LogP contribution in [0.25, 0.3) is 0 Å². The molecule has 1 saturated heterocycles. The molecule has 1 aliphatic rings. The second-order valence-electron chi connectivity index (χ2n) is 6.16. The van der Waals surface area contributed by atoms with Crippen molar-refractivity contribution in [2.45, 2.75) is 32.2 Å². The molecule has 1 unspecified atom stereocenters. The van der Waals surface area contributed by atoms with Crippen LogP contribution in [0.15, 0.2) is 23.2 Å². The smallest absolute Gasteiger partial charge is 0.222 e. The van der Waals surface area contributed by atoms with Crippen molar-refractivity contribution >= 4 is 11.9 Å². The number of rotatable bonds is 6. The van der Waals surface area contributed by atoms with E-state index in [1.54, 1.807) is 18.1 Å². The number of hydrogen-bond donors (Lipinski definition) is 3. The van der Waals surface area contributed by atoms with Crippen LogP contribution in [-0.4, -0.2) is 61.7 Å². The number of ether oxygens (including phenoxy) is 1. The van der Waals surface area contributed by atoms with Crippen LogP contribution in [-0.2, 0) is 11.2 Å². The number of nitrogens with one attached hydrogen (secondary N) is 2. The average Bonchev–Trinajstić information content (AvgIpc) is 2.59. The molecule has 2 rings (SSSR count). The molecule has 0 saturated carbocycles. The van der Waals surface area contributed by atoms with E-state index in [9.17, 15) is 9.90 Å². The molecule has 3 N–H and O–H groups in total. The van der Waals surface area contributed by atoms with Gasteiger partial charge in [-0.15, -0.1) is 0 Å². The number of aliphatic imine (C=N–C) groups is 1. The molecule has 1 aromatic carbocycles. The van der Waals surface area contributed by atoms with Gasteiger partial charge < -0.3 is 25.4 Å². The van der Waals surface area contributed by atoms with Crippen LogP contribution in [0.1, 0.15) is 25.3 Å². The molecule has 0 aliphatic carbocycles. The number of phenols is 1. The van der Waals surface area contributed by atoms with E-state index in [1.165, 1.54) is 0 Å². The number of benzene rings is 1. The normalized spacial score (nSPS) is 18.2. The van der Waals surface area contributed by atoms with Crippen molar-refractivity contribution in [3.8, 4) is 11.5 Å². The monoisotopic (exact) mass is 348 g/mol. The Balaban J connectivity index is 1.92. The summed E-state index contributed by atoms with van der Waals surface area (Å²) in [6.07, 6.45) is 2.01. The fourth-order valence-electron chi connectivity index (χ4n) is 2.81. The number of methoxy groups -OCH3 is 1. The molecule has 1 atom stereocenters. The number of phenolic OH excluding ortho intramolecular Hbond substituents is 1. The lowest BCUT2D eigenvalue weighted by molar-refractivity contribution is -0.132. The number of likely N-dealkylation sites (tertiary alicyclic amines) is 1. The van der Waals surface area contributed by atoms with E-state index in [0.29, 0.717) is 31.7 Å². The van der Waals surface area contributed by atoms with Crippen LogP contribution in [0.5, 0.6) is 11.5 Å². The van der Waals surface area contributed by atoms with E-state index in [-0.39, 0.29) is 17.7 Å². The largest absolute Gasteiger partial charge is 0.508 e. The van der Waals surface area contributed by atoms with E-state index in [2.05, 4.69) is 15.6 Å². The average molecular weight is 348 g/mol. The number of amides is 1. The van der Waals surface area contributed by atoms with Crippen LogP contribution in [0.2, 0.25) is 0 Å². The molecule has 0 bridgehead atoms. The maximum atomic E-state index is 11.6. The van der Waals surface area contributed by atoms with Gasteiger partial charge in [-0.1, -0.05) is 6.07 Å². The Kier molecular flexibility index (Phi) is 6.91. The number of carbonyl (C=O) groups is 1. The van der Waals surface area contributed by atoms with Gasteiger partial charge in [-0.05, 0) is 31.4 Å². The van der Waals surface area contributed by atoms with Gasteiger partial charge in [0.2, 0.25) is 5.91 Å². The summed E-state index contributed by atoms with van der Waals surface area (Å²) in [7, 11) is 3.40. The Morgan fingerprint density at radius 2 is 2.28 bits per heavy atom. The maximum absolute atomic E-state index is 11.6. The van der Waals surface area contributed by atoms with Gasteiger partial charge in [0, 0.05) is 45.2 Å². The molecule has 0 aromatic heterocycles. The number of likely N-dealkylation sites (N-methyl/N-ethyl adjacent to an activating group) is 1. The second-order valence-corrected chi connectivity index (χ2v) is 6.16. The zero-order valence-corrected chi connectivity index (χ0v) is 15.2. The molecule has 7 heteroatoms. The summed E-state index contributed by atoms with van der Waals surface area (Å²) in [4.78, 5) is 17.9. The number of guanidine groups is 1. The zero-order chi connectivity index (χ0) is 18.2. The molecule has 7 nitrogen and oxygen atoms in total. The molecule has 0 radical (unpaired) electrons. The molecule has 1 aliphatic heterocycles. The number of aromatic hydroxyl groups is 1. The van der Waals surface area contributed by atoms with Gasteiger partial charge >= 0.3 is 0 Å². The van der Waals surface area contributed by atoms with Gasteiger partial charge in [-0.2, -0.15) is 0 Å². The molecule has 1 aromatic rings. The predicted molar refractivity (Wildman–Crippen MR) is 98.1 cm³/mol. The van der Waals surface area contributed by atoms with Crippen molar-refractivity contribution in [3.63, 3.8) is 0 Å². The lowest BCUT2D eigenvalue weighted by Gasteiger charge is -2.31. The van der Waals surface area contributed by atoms with Crippen molar-refractivity contribution in [3.05, 3.63) is 23.8 Å². The Morgan fingerprint density at radius 3 is 2.92 bits per heavy atom. The van der Waals surface area contributed by atoms with E-state index in [4.69, 9.17) is 4.74 Å². The first-order chi connectivity index (χ1) is 12.0. The highest BCUT2D eigenvalue weighted by Gasteiger charge is 2.23. The third kappa shape index (κ3) is 5.55. The van der Waals surface area contributed by atoms with Crippen molar-refractivity contribution in [1.82, 2.24) is 15.5 Å². The highest BCUT2D eigenvalue weighted by atomic mass is 16.5. The van der Waals surface area contributed by atoms with E-state index in [0.717, 1.165) is 24.5 Å². The van der Waals surface area contributed by atoms with Gasteiger partial charge in [0.25, 0.3) is 0 Å². The number of hydrogen-bond acceptors (Lipinski definition) is 4. The first-order valence-electron chi connectivity index (χ1n) is 8.68. The van der Waals surface area contributed by atoms with Gasteiger partial charge in [-0.25, -0.2) is 0 Å². The summed E-state index contributed by atoms with van der Waals surface area (Å²) < 4.78 is 5.09. The Hall–Kier alpha value is -2.44. The molecule has 138 valence electrons. The van der Waals surface area contributed by atoms with Crippen LogP contribution in [0.3, 0.4) is 0 Å². The molecule has 0 spiro atoms. The highest BCUT2D eigenvalue weighted by Crippen LogP contribution is 2.23. The molecule has 1 amide bonds. The Bertz CT molecular complexity index is 618. The summed E-state index contributed by atoms with van der Waals surface area (Å²) in [5, 5.41) is 16.6. The van der Waals surface area contributed by atoms with Gasteiger partial charge in [-0.3, -0.25) is 9.79 Å². The number of nitrogens with zero attached hydrogens (tertiary/aromatic N) is 2. The third-order valence-electron chi connectivity index (χ3n) is 4.26. The number of carbonyl (C=O) groups excluding carboxylic acids is 1. The van der Waals surface area contributed by atoms with E-state index in [1.807, 2.05) is 26.1 Å². The van der Waals surface area contributed by atoms with Gasteiger partial charge in [0.15, 0.2) is 5.96 Å². The quantitative estimate of drug-likeness (QED) is 0.530. The summed E-state index contributed by atoms with van der Waals surface area (Å²) in [5.41, 5.74) is 0.836. The van der Waals surface area contributed by atoms with Crippen LogP contribution < -0.4 is 15.4 Å². The van der Waals surface area contributed by atoms with Crippen molar-refractivity contribution in [2.24, 2.45) is 4.99 Å². The van der Waals surface area contributed by atoms with E-state index >= 15 is 0 Å². The first-order valence-corrected chi connectivity index (χ1v) is 8.68. The van der Waals surface area contributed by atoms with Gasteiger partial charge in [0.1, 0.15) is 11.5 Å². The Morgan fingerprint density at radius 1 is 1.48 bits per heavy atom. The molecule has 1 fully saturated rings. The minimum absolute atomic E-state index is 0.190. The molecular formula is C18H28N4O3. The van der Waals surface area contributed by atoms with Crippen molar-refractivity contribution in [2.75, 3.05) is 33.8 Å². The highest BCUT2D eigenvalue weighted by molar-refractivity contribution is 5.81.